The topological polar surface area (TPSA) is 88.2 Å². The summed E-state index contributed by atoms with van der Waals surface area (Å²) in [5, 5.41) is 0. The molecule has 7 rings (SSSR count). The molecule has 0 aromatic heterocycles. The molecule has 1 amide bonds. The van der Waals surface area contributed by atoms with Crippen LogP contribution in [-0.4, -0.2) is 20.9 Å². The Balaban J connectivity index is 1.32. The summed E-state index contributed by atoms with van der Waals surface area (Å²) in [6.45, 7) is 5.23. The number of rotatable bonds is 12. The van der Waals surface area contributed by atoms with Crippen LogP contribution in [0.5, 0.6) is 11.5 Å². The number of carbonyl (C=O) groups excluding carboxylic acids is 1. The van der Waals surface area contributed by atoms with E-state index in [9.17, 15) is 13.2 Å². The highest BCUT2D eigenvalue weighted by Crippen LogP contribution is 2.44. The number of sulfonamides is 1. The van der Waals surface area contributed by atoms with Gasteiger partial charge in [-0.3, -0.25) is 14.4 Å². The second kappa shape index (κ2) is 15.0. The molecule has 1 aliphatic rings. The molecule has 1 N–H and O–H groups in total. The molecule has 0 saturated carbocycles. The fraction of sp³-hybridized carbons (Fsp3) is 0.140. The molecular formula is C43H39N3O5S. The number of nitrogens with zero attached hydrogens (tertiary/aromatic N) is 2. The van der Waals surface area contributed by atoms with Crippen molar-refractivity contribution in [1.29, 1.82) is 0 Å². The van der Waals surface area contributed by atoms with Gasteiger partial charge >= 0.3 is 0 Å². The van der Waals surface area contributed by atoms with Gasteiger partial charge < -0.3 is 14.4 Å². The summed E-state index contributed by atoms with van der Waals surface area (Å²) >= 11 is 0. The summed E-state index contributed by atoms with van der Waals surface area (Å²) in [7, 11) is -4.06. The van der Waals surface area contributed by atoms with Crippen LogP contribution in [0.3, 0.4) is 0 Å². The number of carbonyl (C=O) groups is 1. The zero-order valence-electron chi connectivity index (χ0n) is 29.0. The van der Waals surface area contributed by atoms with Crippen LogP contribution in [0.1, 0.15) is 45.7 Å². The number of anilines is 3. The summed E-state index contributed by atoms with van der Waals surface area (Å²) in [6.07, 6.45) is -0.590. The smallest absolute Gasteiger partial charge is 0.262 e. The van der Waals surface area contributed by atoms with Crippen molar-refractivity contribution in [3.63, 3.8) is 0 Å². The van der Waals surface area contributed by atoms with Crippen molar-refractivity contribution in [2.24, 2.45) is 0 Å². The molecule has 6 aromatic carbocycles. The van der Waals surface area contributed by atoms with Gasteiger partial charge in [0.05, 0.1) is 22.8 Å². The Labute approximate surface area is 304 Å². The van der Waals surface area contributed by atoms with E-state index in [0.717, 1.165) is 22.3 Å². The van der Waals surface area contributed by atoms with Gasteiger partial charge in [-0.1, -0.05) is 90.5 Å². The van der Waals surface area contributed by atoms with E-state index in [0.29, 0.717) is 48.3 Å². The standard InChI is InChI=1S/C43H39N3O5S/c1-3-50-37-23-19-35(20-24-37)44-52(48,49)39-25-26-41-40(28-39)43(47)46(36-21-17-31(2)18-22-36)42(45(41)29-32-11-6-4-7-12-32)34-15-10-16-38(27-34)51-30-33-13-8-5-9-14-33/h4-28,42,44H,3,29-30H2,1-2H3/t42-/m1/s1. The van der Waals surface area contributed by atoms with Gasteiger partial charge in [0.15, 0.2) is 0 Å². The van der Waals surface area contributed by atoms with Crippen molar-refractivity contribution in [1.82, 2.24) is 0 Å². The number of fused-ring (bicyclic) bond motifs is 1. The van der Waals surface area contributed by atoms with E-state index in [2.05, 4.69) is 9.62 Å². The molecule has 0 spiro atoms. The second-order valence-electron chi connectivity index (χ2n) is 12.6. The third kappa shape index (κ3) is 7.50. The average molecular weight is 710 g/mol. The van der Waals surface area contributed by atoms with Crippen LogP contribution in [0.4, 0.5) is 17.1 Å². The lowest BCUT2D eigenvalue weighted by Gasteiger charge is -2.46. The number of ether oxygens (including phenoxy) is 2. The van der Waals surface area contributed by atoms with Gasteiger partial charge in [0, 0.05) is 17.9 Å². The van der Waals surface area contributed by atoms with E-state index in [1.54, 1.807) is 41.3 Å². The van der Waals surface area contributed by atoms with Gasteiger partial charge in [-0.2, -0.15) is 0 Å². The minimum Gasteiger partial charge on any atom is -0.494 e. The maximum atomic E-state index is 14.9. The van der Waals surface area contributed by atoms with Gasteiger partial charge in [-0.15, -0.1) is 0 Å². The summed E-state index contributed by atoms with van der Waals surface area (Å²) in [5.41, 5.74) is 5.93. The number of amides is 1. The Hall–Kier alpha value is -6.06. The molecule has 0 unspecified atom stereocenters. The number of nitrogens with one attached hydrogen (secondary N) is 1. The van der Waals surface area contributed by atoms with Gasteiger partial charge in [0.1, 0.15) is 24.3 Å². The largest absolute Gasteiger partial charge is 0.494 e. The van der Waals surface area contributed by atoms with Gasteiger partial charge in [-0.25, -0.2) is 8.42 Å². The molecule has 0 aliphatic carbocycles. The van der Waals surface area contributed by atoms with E-state index < -0.39 is 16.2 Å². The zero-order valence-corrected chi connectivity index (χ0v) is 29.8. The van der Waals surface area contributed by atoms with Crippen molar-refractivity contribution >= 4 is 33.0 Å². The highest BCUT2D eigenvalue weighted by Gasteiger charge is 2.40. The molecule has 262 valence electrons. The molecular weight excluding hydrogens is 671 g/mol. The lowest BCUT2D eigenvalue weighted by Crippen LogP contribution is -2.49. The minimum atomic E-state index is -4.06. The van der Waals surface area contributed by atoms with Crippen LogP contribution >= 0.6 is 0 Å². The molecule has 6 aromatic rings. The van der Waals surface area contributed by atoms with Crippen molar-refractivity contribution in [2.45, 2.75) is 38.1 Å². The summed E-state index contributed by atoms with van der Waals surface area (Å²) < 4.78 is 41.9. The van der Waals surface area contributed by atoms with Gasteiger partial charge in [-0.05, 0) is 97.3 Å². The lowest BCUT2D eigenvalue weighted by atomic mass is 9.98. The molecule has 1 heterocycles. The monoisotopic (exact) mass is 709 g/mol. The second-order valence-corrected chi connectivity index (χ2v) is 14.3. The SMILES string of the molecule is CCOc1ccc(NS(=O)(=O)c2ccc3c(c2)C(=O)N(c2ccc(C)cc2)[C@H](c2cccc(OCc4ccccc4)c2)N3Cc2ccccc2)cc1. The van der Waals surface area contributed by atoms with E-state index in [1.165, 1.54) is 6.07 Å². The Morgan fingerprint density at radius 2 is 1.38 bits per heavy atom. The third-order valence-corrected chi connectivity index (χ3v) is 10.3. The van der Waals surface area contributed by atoms with Crippen molar-refractivity contribution in [2.75, 3.05) is 21.1 Å². The van der Waals surface area contributed by atoms with Crippen LogP contribution < -0.4 is 24.0 Å². The Bertz CT molecular complexity index is 2260. The summed E-state index contributed by atoms with van der Waals surface area (Å²) in [5.74, 6) is 0.995. The first kappa shape index (κ1) is 34.4. The highest BCUT2D eigenvalue weighted by atomic mass is 32.2. The average Bonchev–Trinajstić information content (AvgIpc) is 3.17. The van der Waals surface area contributed by atoms with E-state index in [-0.39, 0.29) is 16.4 Å². The van der Waals surface area contributed by atoms with Crippen LogP contribution in [0.25, 0.3) is 0 Å². The van der Waals surface area contributed by atoms with Gasteiger partial charge in [0.2, 0.25) is 0 Å². The molecule has 0 bridgehead atoms. The van der Waals surface area contributed by atoms with Crippen molar-refractivity contribution < 1.29 is 22.7 Å². The lowest BCUT2D eigenvalue weighted by molar-refractivity contribution is 0.0968. The maximum absolute atomic E-state index is 14.9. The van der Waals surface area contributed by atoms with Crippen LogP contribution in [0.15, 0.2) is 157 Å². The normalized spacial score (nSPS) is 14.1. The summed E-state index contributed by atoms with van der Waals surface area (Å²) in [4.78, 5) is 18.7. The number of hydrogen-bond acceptors (Lipinski definition) is 6. The Morgan fingerprint density at radius 1 is 0.692 bits per heavy atom. The van der Waals surface area contributed by atoms with Crippen molar-refractivity contribution in [3.05, 3.63) is 179 Å². The van der Waals surface area contributed by atoms with E-state index in [4.69, 9.17) is 9.47 Å². The molecule has 1 aliphatic heterocycles. The fourth-order valence-corrected chi connectivity index (χ4v) is 7.45. The number of hydrogen-bond donors (Lipinski definition) is 1. The first-order valence-electron chi connectivity index (χ1n) is 17.2. The first-order chi connectivity index (χ1) is 25.3. The van der Waals surface area contributed by atoms with E-state index >= 15 is 0 Å². The van der Waals surface area contributed by atoms with Crippen LogP contribution in [0, 0.1) is 6.92 Å². The zero-order chi connectivity index (χ0) is 36.1. The predicted octanol–water partition coefficient (Wildman–Crippen LogP) is 9.14. The quantitative estimate of drug-likeness (QED) is 0.136. The molecule has 9 heteroatoms. The molecule has 0 saturated heterocycles. The Morgan fingerprint density at radius 3 is 2.08 bits per heavy atom. The molecule has 8 nitrogen and oxygen atoms in total. The first-order valence-corrected chi connectivity index (χ1v) is 18.6. The molecule has 52 heavy (non-hydrogen) atoms. The van der Waals surface area contributed by atoms with Crippen molar-refractivity contribution in [3.8, 4) is 11.5 Å². The van der Waals surface area contributed by atoms with E-state index in [1.807, 2.05) is 123 Å². The summed E-state index contributed by atoms with van der Waals surface area (Å²) in [6, 6.07) is 47.1. The number of benzene rings is 6. The minimum absolute atomic E-state index is 0.0215. The Kier molecular flexibility index (Phi) is 9.95. The molecule has 0 radical (unpaired) electrons. The number of aryl methyl sites for hydroxylation is 1. The van der Waals surface area contributed by atoms with Gasteiger partial charge in [0.25, 0.3) is 15.9 Å². The maximum Gasteiger partial charge on any atom is 0.262 e. The predicted molar refractivity (Wildman–Crippen MR) is 205 cm³/mol. The molecule has 0 fully saturated rings. The van der Waals surface area contributed by atoms with Crippen LogP contribution in [0.2, 0.25) is 0 Å². The van der Waals surface area contributed by atoms with Crippen LogP contribution in [-0.2, 0) is 23.2 Å². The third-order valence-electron chi connectivity index (χ3n) is 8.91. The molecule has 1 atom stereocenters. The highest BCUT2D eigenvalue weighted by molar-refractivity contribution is 7.92. The fourth-order valence-electron chi connectivity index (χ4n) is 6.37.